The third kappa shape index (κ3) is 1.92. The van der Waals surface area contributed by atoms with E-state index in [2.05, 4.69) is 0 Å². The summed E-state index contributed by atoms with van der Waals surface area (Å²) in [6.07, 6.45) is 0. The van der Waals surface area contributed by atoms with Crippen molar-refractivity contribution in [3.63, 3.8) is 0 Å². The average Bonchev–Trinajstić information content (AvgIpc) is 2.33. The standard InChI is InChI=1S/C14H16N2/c1-10-6-5-9-12(13(10)15)14(16)11-7-3-2-4-8-11/h2-9,14H,15-16H2,1H3. The largest absolute Gasteiger partial charge is 0.398 e. The van der Waals surface area contributed by atoms with Gasteiger partial charge in [0, 0.05) is 5.69 Å². The Morgan fingerprint density at radius 2 is 1.62 bits per heavy atom. The number of rotatable bonds is 2. The van der Waals surface area contributed by atoms with Gasteiger partial charge in [-0.2, -0.15) is 0 Å². The summed E-state index contributed by atoms with van der Waals surface area (Å²) >= 11 is 0. The molecule has 1 unspecified atom stereocenters. The summed E-state index contributed by atoms with van der Waals surface area (Å²) in [5.41, 5.74) is 16.2. The molecule has 0 fully saturated rings. The molecular weight excluding hydrogens is 196 g/mol. The van der Waals surface area contributed by atoms with Crippen molar-refractivity contribution >= 4 is 5.69 Å². The van der Waals surface area contributed by atoms with Gasteiger partial charge < -0.3 is 11.5 Å². The number of aryl methyl sites for hydroxylation is 1. The lowest BCUT2D eigenvalue weighted by Gasteiger charge is -2.16. The summed E-state index contributed by atoms with van der Waals surface area (Å²) in [6, 6.07) is 15.8. The van der Waals surface area contributed by atoms with E-state index in [4.69, 9.17) is 11.5 Å². The number of hydrogen-bond donors (Lipinski definition) is 2. The Kier molecular flexibility index (Phi) is 2.93. The van der Waals surface area contributed by atoms with E-state index in [9.17, 15) is 0 Å². The van der Waals surface area contributed by atoms with Crippen LogP contribution in [-0.2, 0) is 0 Å². The van der Waals surface area contributed by atoms with Gasteiger partial charge in [0.05, 0.1) is 6.04 Å². The van der Waals surface area contributed by atoms with Crippen LogP contribution in [0.2, 0.25) is 0 Å². The Morgan fingerprint density at radius 3 is 2.31 bits per heavy atom. The summed E-state index contributed by atoms with van der Waals surface area (Å²) in [4.78, 5) is 0. The van der Waals surface area contributed by atoms with Crippen LogP contribution < -0.4 is 11.5 Å². The monoisotopic (exact) mass is 212 g/mol. The molecule has 0 radical (unpaired) electrons. The van der Waals surface area contributed by atoms with Crippen molar-refractivity contribution in [1.29, 1.82) is 0 Å². The molecule has 0 aromatic heterocycles. The highest BCUT2D eigenvalue weighted by Crippen LogP contribution is 2.26. The van der Waals surface area contributed by atoms with Crippen LogP contribution in [0.5, 0.6) is 0 Å². The molecule has 0 aliphatic rings. The second-order valence-electron chi connectivity index (χ2n) is 3.97. The number of benzene rings is 2. The molecule has 2 aromatic rings. The zero-order chi connectivity index (χ0) is 11.5. The summed E-state index contributed by atoms with van der Waals surface area (Å²) in [6.45, 7) is 2.00. The fraction of sp³-hybridized carbons (Fsp3) is 0.143. The van der Waals surface area contributed by atoms with Crippen LogP contribution >= 0.6 is 0 Å². The Hall–Kier alpha value is -1.80. The van der Waals surface area contributed by atoms with Crippen LogP contribution in [0.4, 0.5) is 5.69 Å². The molecule has 2 heteroatoms. The van der Waals surface area contributed by atoms with Crippen molar-refractivity contribution in [3.8, 4) is 0 Å². The quantitative estimate of drug-likeness (QED) is 0.752. The molecule has 0 spiro atoms. The molecule has 0 bridgehead atoms. The summed E-state index contributed by atoms with van der Waals surface area (Å²) in [7, 11) is 0. The first kappa shape index (κ1) is 10.7. The lowest BCUT2D eigenvalue weighted by molar-refractivity contribution is 0.873. The predicted octanol–water partition coefficient (Wildman–Crippen LogP) is 2.63. The van der Waals surface area contributed by atoms with Crippen LogP contribution in [0, 0.1) is 6.92 Å². The van der Waals surface area contributed by atoms with E-state index in [1.54, 1.807) is 0 Å². The highest BCUT2D eigenvalue weighted by Gasteiger charge is 2.12. The number of para-hydroxylation sites is 1. The molecule has 4 N–H and O–H groups in total. The third-order valence-corrected chi connectivity index (χ3v) is 2.85. The molecule has 0 aliphatic carbocycles. The number of hydrogen-bond acceptors (Lipinski definition) is 2. The minimum Gasteiger partial charge on any atom is -0.398 e. The maximum Gasteiger partial charge on any atom is 0.0572 e. The number of nitrogens with two attached hydrogens (primary N) is 2. The van der Waals surface area contributed by atoms with E-state index >= 15 is 0 Å². The van der Waals surface area contributed by atoms with Gasteiger partial charge in [0.1, 0.15) is 0 Å². The van der Waals surface area contributed by atoms with Crippen molar-refractivity contribution in [3.05, 3.63) is 65.2 Å². The second kappa shape index (κ2) is 4.37. The smallest absolute Gasteiger partial charge is 0.0572 e. The van der Waals surface area contributed by atoms with Gasteiger partial charge in [0.15, 0.2) is 0 Å². The van der Waals surface area contributed by atoms with Crippen molar-refractivity contribution in [1.82, 2.24) is 0 Å². The fourth-order valence-electron chi connectivity index (χ4n) is 1.81. The number of nitrogen functional groups attached to an aromatic ring is 1. The van der Waals surface area contributed by atoms with E-state index in [1.165, 1.54) is 0 Å². The van der Waals surface area contributed by atoms with Crippen molar-refractivity contribution in [2.24, 2.45) is 5.73 Å². The highest BCUT2D eigenvalue weighted by atomic mass is 14.7. The minimum atomic E-state index is -0.152. The third-order valence-electron chi connectivity index (χ3n) is 2.85. The Balaban J connectivity index is 2.42. The first-order valence-corrected chi connectivity index (χ1v) is 5.35. The van der Waals surface area contributed by atoms with Crippen LogP contribution in [0.15, 0.2) is 48.5 Å². The summed E-state index contributed by atoms with van der Waals surface area (Å²) in [5.74, 6) is 0. The summed E-state index contributed by atoms with van der Waals surface area (Å²) < 4.78 is 0. The topological polar surface area (TPSA) is 52.0 Å². The Labute approximate surface area is 95.9 Å². The molecular formula is C14H16N2. The van der Waals surface area contributed by atoms with Crippen molar-refractivity contribution < 1.29 is 0 Å². The van der Waals surface area contributed by atoms with Gasteiger partial charge in [-0.1, -0.05) is 48.5 Å². The molecule has 0 saturated carbocycles. The predicted molar refractivity (Wildman–Crippen MR) is 68.1 cm³/mol. The van der Waals surface area contributed by atoms with Gasteiger partial charge in [0.2, 0.25) is 0 Å². The van der Waals surface area contributed by atoms with E-state index in [1.807, 2.05) is 55.5 Å². The molecule has 2 aromatic carbocycles. The molecule has 1 atom stereocenters. The zero-order valence-electron chi connectivity index (χ0n) is 9.35. The fourth-order valence-corrected chi connectivity index (χ4v) is 1.81. The van der Waals surface area contributed by atoms with Gasteiger partial charge in [-0.05, 0) is 23.6 Å². The van der Waals surface area contributed by atoms with Gasteiger partial charge in [-0.3, -0.25) is 0 Å². The maximum atomic E-state index is 6.21. The molecule has 0 amide bonds. The Bertz CT molecular complexity index is 477. The average molecular weight is 212 g/mol. The second-order valence-corrected chi connectivity index (χ2v) is 3.97. The van der Waals surface area contributed by atoms with Gasteiger partial charge >= 0.3 is 0 Å². The van der Waals surface area contributed by atoms with Crippen LogP contribution in [0.1, 0.15) is 22.7 Å². The van der Waals surface area contributed by atoms with Crippen LogP contribution in [-0.4, -0.2) is 0 Å². The van der Waals surface area contributed by atoms with E-state index in [0.717, 1.165) is 22.4 Å². The SMILES string of the molecule is Cc1cccc(C(N)c2ccccc2)c1N. The molecule has 2 nitrogen and oxygen atoms in total. The van der Waals surface area contributed by atoms with Crippen molar-refractivity contribution in [2.75, 3.05) is 5.73 Å². The van der Waals surface area contributed by atoms with E-state index < -0.39 is 0 Å². The molecule has 0 aliphatic heterocycles. The van der Waals surface area contributed by atoms with Gasteiger partial charge in [0.25, 0.3) is 0 Å². The summed E-state index contributed by atoms with van der Waals surface area (Å²) in [5, 5.41) is 0. The normalized spacial score (nSPS) is 12.4. The first-order chi connectivity index (χ1) is 7.70. The van der Waals surface area contributed by atoms with Crippen molar-refractivity contribution in [2.45, 2.75) is 13.0 Å². The maximum absolute atomic E-state index is 6.21. The lowest BCUT2D eigenvalue weighted by Crippen LogP contribution is -2.14. The van der Waals surface area contributed by atoms with E-state index in [-0.39, 0.29) is 6.04 Å². The first-order valence-electron chi connectivity index (χ1n) is 5.35. The zero-order valence-corrected chi connectivity index (χ0v) is 9.35. The van der Waals surface area contributed by atoms with E-state index in [0.29, 0.717) is 0 Å². The lowest BCUT2D eigenvalue weighted by atomic mass is 9.96. The van der Waals surface area contributed by atoms with Crippen LogP contribution in [0.25, 0.3) is 0 Å². The Morgan fingerprint density at radius 1 is 0.938 bits per heavy atom. The molecule has 2 rings (SSSR count). The van der Waals surface area contributed by atoms with Gasteiger partial charge in [-0.25, -0.2) is 0 Å². The molecule has 0 heterocycles. The minimum absolute atomic E-state index is 0.152. The molecule has 0 saturated heterocycles. The number of anilines is 1. The van der Waals surface area contributed by atoms with Gasteiger partial charge in [-0.15, -0.1) is 0 Å². The van der Waals surface area contributed by atoms with Crippen LogP contribution in [0.3, 0.4) is 0 Å². The molecule has 82 valence electrons. The molecule has 16 heavy (non-hydrogen) atoms. The highest BCUT2D eigenvalue weighted by molar-refractivity contribution is 5.56.